The van der Waals surface area contributed by atoms with E-state index >= 15 is 0 Å². The number of nitrogens with zero attached hydrogens (tertiary/aromatic N) is 2. The zero-order valence-electron chi connectivity index (χ0n) is 16.6. The van der Waals surface area contributed by atoms with Crippen molar-refractivity contribution in [3.8, 4) is 0 Å². The van der Waals surface area contributed by atoms with Crippen LogP contribution in [0.3, 0.4) is 0 Å². The second-order valence-electron chi connectivity index (χ2n) is 7.22. The zero-order valence-corrected chi connectivity index (χ0v) is 16.6. The predicted molar refractivity (Wildman–Crippen MR) is 116 cm³/mol. The average Bonchev–Trinajstić information content (AvgIpc) is 3.05. The molecule has 3 aromatic rings. The summed E-state index contributed by atoms with van der Waals surface area (Å²) in [5, 5.41) is 22.3. The SMILES string of the molecule is Cc1ccc(N2C(=O)C(=O)/C(=C(\O)c3ccccc3)C2c2cccc([N+](=O)[O-])c2)cc1. The van der Waals surface area contributed by atoms with E-state index in [2.05, 4.69) is 0 Å². The molecular weight excluding hydrogens is 396 g/mol. The molecule has 1 atom stereocenters. The van der Waals surface area contributed by atoms with Gasteiger partial charge < -0.3 is 5.11 Å². The maximum atomic E-state index is 13.0. The molecule has 1 unspecified atom stereocenters. The van der Waals surface area contributed by atoms with Crippen molar-refractivity contribution >= 4 is 28.8 Å². The number of Topliss-reactive ketones (excluding diaryl/α,β-unsaturated/α-hetero) is 1. The van der Waals surface area contributed by atoms with Gasteiger partial charge in [0.25, 0.3) is 17.4 Å². The molecule has 0 bridgehead atoms. The van der Waals surface area contributed by atoms with E-state index in [1.807, 2.05) is 6.92 Å². The number of benzene rings is 3. The number of amides is 1. The molecule has 1 amide bonds. The Hall–Kier alpha value is -4.26. The van der Waals surface area contributed by atoms with E-state index < -0.39 is 22.7 Å². The minimum atomic E-state index is -1.01. The number of carbonyl (C=O) groups is 2. The summed E-state index contributed by atoms with van der Waals surface area (Å²) in [6.07, 6.45) is 0. The second kappa shape index (κ2) is 7.87. The number of nitro benzene ring substituents is 1. The Morgan fingerprint density at radius 2 is 1.65 bits per heavy atom. The standard InChI is InChI=1S/C24H18N2O5/c1-15-10-12-18(13-11-15)25-21(17-8-5-9-19(14-17)26(30)31)20(23(28)24(25)29)22(27)16-6-3-2-4-7-16/h2-14,21,27H,1H3/b22-20-. The monoisotopic (exact) mass is 414 g/mol. The number of anilines is 1. The number of hydrogen-bond acceptors (Lipinski definition) is 5. The van der Waals surface area contributed by atoms with Crippen molar-refractivity contribution in [2.24, 2.45) is 0 Å². The predicted octanol–water partition coefficient (Wildman–Crippen LogP) is 4.53. The number of hydrogen-bond donors (Lipinski definition) is 1. The van der Waals surface area contributed by atoms with Gasteiger partial charge in [-0.25, -0.2) is 0 Å². The van der Waals surface area contributed by atoms with E-state index in [-0.39, 0.29) is 17.0 Å². The van der Waals surface area contributed by atoms with Gasteiger partial charge >= 0.3 is 0 Å². The molecule has 0 aliphatic carbocycles. The van der Waals surface area contributed by atoms with Crippen LogP contribution in [-0.4, -0.2) is 21.7 Å². The van der Waals surface area contributed by atoms with E-state index in [0.29, 0.717) is 16.8 Å². The van der Waals surface area contributed by atoms with Gasteiger partial charge in [-0.3, -0.25) is 24.6 Å². The lowest BCUT2D eigenvalue weighted by Gasteiger charge is -2.25. The lowest BCUT2D eigenvalue weighted by atomic mass is 9.95. The van der Waals surface area contributed by atoms with Gasteiger partial charge in [-0.05, 0) is 24.6 Å². The van der Waals surface area contributed by atoms with Crippen molar-refractivity contribution in [2.75, 3.05) is 4.90 Å². The third kappa shape index (κ3) is 3.57. The third-order valence-corrected chi connectivity index (χ3v) is 5.20. The molecule has 1 heterocycles. The average molecular weight is 414 g/mol. The molecular formula is C24H18N2O5. The minimum absolute atomic E-state index is 0.114. The maximum absolute atomic E-state index is 13.0. The molecule has 31 heavy (non-hydrogen) atoms. The Morgan fingerprint density at radius 3 is 2.29 bits per heavy atom. The fraction of sp³-hybridized carbons (Fsp3) is 0.0833. The van der Waals surface area contributed by atoms with Gasteiger partial charge in [0.05, 0.1) is 16.5 Å². The van der Waals surface area contributed by atoms with Crippen LogP contribution in [0.4, 0.5) is 11.4 Å². The Labute approximate surface area is 178 Å². The highest BCUT2D eigenvalue weighted by atomic mass is 16.6. The largest absolute Gasteiger partial charge is 0.507 e. The number of non-ortho nitro benzene ring substituents is 1. The first kappa shape index (κ1) is 20.0. The number of nitro groups is 1. The number of aliphatic hydroxyl groups excluding tert-OH is 1. The van der Waals surface area contributed by atoms with Crippen LogP contribution in [0.5, 0.6) is 0 Å². The summed E-state index contributed by atoms with van der Waals surface area (Å²) in [5.41, 5.74) is 1.86. The Bertz CT molecular complexity index is 1220. The summed E-state index contributed by atoms with van der Waals surface area (Å²) >= 11 is 0. The molecule has 1 aliphatic rings. The van der Waals surface area contributed by atoms with Gasteiger partial charge in [0, 0.05) is 23.4 Å². The van der Waals surface area contributed by atoms with E-state index in [0.717, 1.165) is 5.56 Å². The fourth-order valence-electron chi connectivity index (χ4n) is 3.68. The van der Waals surface area contributed by atoms with Gasteiger partial charge in [0.15, 0.2) is 0 Å². The highest BCUT2D eigenvalue weighted by Gasteiger charge is 2.47. The summed E-state index contributed by atoms with van der Waals surface area (Å²) < 4.78 is 0. The Kier molecular flexibility index (Phi) is 5.09. The molecule has 1 aliphatic heterocycles. The van der Waals surface area contributed by atoms with E-state index in [1.165, 1.54) is 23.1 Å². The van der Waals surface area contributed by atoms with Crippen LogP contribution in [0.1, 0.15) is 22.7 Å². The molecule has 0 radical (unpaired) electrons. The van der Waals surface area contributed by atoms with Crippen molar-refractivity contribution < 1.29 is 19.6 Å². The summed E-state index contributed by atoms with van der Waals surface area (Å²) in [7, 11) is 0. The lowest BCUT2D eigenvalue weighted by Crippen LogP contribution is -2.29. The van der Waals surface area contributed by atoms with Gasteiger partial charge in [0.1, 0.15) is 5.76 Å². The van der Waals surface area contributed by atoms with Gasteiger partial charge in [-0.15, -0.1) is 0 Å². The lowest BCUT2D eigenvalue weighted by molar-refractivity contribution is -0.384. The molecule has 0 saturated carbocycles. The van der Waals surface area contributed by atoms with Crippen LogP contribution >= 0.6 is 0 Å². The van der Waals surface area contributed by atoms with Crippen LogP contribution in [0, 0.1) is 17.0 Å². The number of ketones is 1. The first-order valence-corrected chi connectivity index (χ1v) is 9.56. The van der Waals surface area contributed by atoms with E-state index in [4.69, 9.17) is 0 Å². The van der Waals surface area contributed by atoms with Crippen molar-refractivity contribution in [1.82, 2.24) is 0 Å². The molecule has 7 heteroatoms. The number of carbonyl (C=O) groups excluding carboxylic acids is 2. The quantitative estimate of drug-likeness (QED) is 0.222. The number of rotatable bonds is 4. The molecule has 4 rings (SSSR count). The van der Waals surface area contributed by atoms with Gasteiger partial charge in [-0.1, -0.05) is 60.2 Å². The molecule has 154 valence electrons. The van der Waals surface area contributed by atoms with Gasteiger partial charge in [0.2, 0.25) is 0 Å². The summed E-state index contributed by atoms with van der Waals surface area (Å²) in [6.45, 7) is 1.89. The van der Waals surface area contributed by atoms with Crippen LogP contribution < -0.4 is 4.90 Å². The van der Waals surface area contributed by atoms with Crippen LogP contribution in [0.25, 0.3) is 5.76 Å². The highest BCUT2D eigenvalue weighted by molar-refractivity contribution is 6.51. The topological polar surface area (TPSA) is 101 Å². The Balaban J connectivity index is 1.97. The first-order chi connectivity index (χ1) is 14.9. The van der Waals surface area contributed by atoms with Gasteiger partial charge in [-0.2, -0.15) is 0 Å². The third-order valence-electron chi connectivity index (χ3n) is 5.20. The smallest absolute Gasteiger partial charge is 0.300 e. The van der Waals surface area contributed by atoms with Crippen molar-refractivity contribution in [3.05, 3.63) is 111 Å². The summed E-state index contributed by atoms with van der Waals surface area (Å²) in [6, 6.07) is 20.2. The van der Waals surface area contributed by atoms with E-state index in [1.54, 1.807) is 60.7 Å². The molecule has 1 fully saturated rings. The fourth-order valence-corrected chi connectivity index (χ4v) is 3.68. The molecule has 0 spiro atoms. The second-order valence-corrected chi connectivity index (χ2v) is 7.22. The molecule has 3 aromatic carbocycles. The Morgan fingerprint density at radius 1 is 0.968 bits per heavy atom. The maximum Gasteiger partial charge on any atom is 0.300 e. The normalized spacial score (nSPS) is 17.7. The molecule has 1 N–H and O–H groups in total. The molecule has 7 nitrogen and oxygen atoms in total. The first-order valence-electron chi connectivity index (χ1n) is 9.56. The van der Waals surface area contributed by atoms with Crippen LogP contribution in [-0.2, 0) is 9.59 Å². The summed E-state index contributed by atoms with van der Waals surface area (Å²) in [4.78, 5) is 38.1. The van der Waals surface area contributed by atoms with E-state index in [9.17, 15) is 24.8 Å². The molecule has 0 aromatic heterocycles. The van der Waals surface area contributed by atoms with Crippen molar-refractivity contribution in [1.29, 1.82) is 0 Å². The minimum Gasteiger partial charge on any atom is -0.507 e. The summed E-state index contributed by atoms with van der Waals surface area (Å²) in [5.74, 6) is -1.98. The molecule has 1 saturated heterocycles. The van der Waals surface area contributed by atoms with Crippen molar-refractivity contribution in [3.63, 3.8) is 0 Å². The number of aliphatic hydroxyl groups is 1. The van der Waals surface area contributed by atoms with Crippen LogP contribution in [0.15, 0.2) is 84.4 Å². The highest BCUT2D eigenvalue weighted by Crippen LogP contribution is 2.42. The number of aryl methyl sites for hydroxylation is 1. The van der Waals surface area contributed by atoms with Crippen molar-refractivity contribution in [2.45, 2.75) is 13.0 Å². The zero-order chi connectivity index (χ0) is 22.1. The van der Waals surface area contributed by atoms with Crippen LogP contribution in [0.2, 0.25) is 0 Å².